The number of aryl methyl sites for hydroxylation is 1. The van der Waals surface area contributed by atoms with Gasteiger partial charge in [0.25, 0.3) is 5.56 Å². The minimum Gasteiger partial charge on any atom is -0.267 e. The smallest absolute Gasteiger partial charge is 0.267 e. The van der Waals surface area contributed by atoms with Gasteiger partial charge >= 0.3 is 0 Å². The molecule has 3 aromatic rings. The minimum absolute atomic E-state index is 0.0450. The van der Waals surface area contributed by atoms with Crippen LogP contribution in [0, 0.1) is 6.92 Å². The molecule has 0 radical (unpaired) electrons. The van der Waals surface area contributed by atoms with Crippen LogP contribution in [0.15, 0.2) is 35.1 Å². The molecule has 17 heavy (non-hydrogen) atoms. The van der Waals surface area contributed by atoms with Crippen molar-refractivity contribution in [3.05, 3.63) is 56.6 Å². The lowest BCUT2D eigenvalue weighted by molar-refractivity contribution is 0.984. The molecule has 2 heterocycles. The van der Waals surface area contributed by atoms with E-state index in [0.717, 1.165) is 5.56 Å². The summed E-state index contributed by atoms with van der Waals surface area (Å²) in [7, 11) is 0. The summed E-state index contributed by atoms with van der Waals surface area (Å²) in [6.07, 6.45) is 1.88. The fourth-order valence-electron chi connectivity index (χ4n) is 1.69. The van der Waals surface area contributed by atoms with Gasteiger partial charge in [-0.15, -0.1) is 10.2 Å². The molecule has 0 aliphatic carbocycles. The van der Waals surface area contributed by atoms with Gasteiger partial charge in [0.15, 0.2) is 0 Å². The maximum absolute atomic E-state index is 12.1. The van der Waals surface area contributed by atoms with Crippen molar-refractivity contribution in [3.63, 3.8) is 0 Å². The lowest BCUT2D eigenvalue weighted by Crippen LogP contribution is -2.23. The van der Waals surface area contributed by atoms with E-state index in [2.05, 4.69) is 10.2 Å². The molecule has 0 amide bonds. The van der Waals surface area contributed by atoms with E-state index in [9.17, 15) is 4.79 Å². The van der Waals surface area contributed by atoms with Crippen LogP contribution < -0.4 is 10.1 Å². The highest BCUT2D eigenvalue weighted by Crippen LogP contribution is 2.03. The third-order valence-corrected chi connectivity index (χ3v) is 3.47. The van der Waals surface area contributed by atoms with Crippen molar-refractivity contribution >= 4 is 22.4 Å². The average molecular weight is 243 g/mol. The topological polar surface area (TPSA) is 47.3 Å². The molecule has 0 aliphatic rings. The first-order valence-electron chi connectivity index (χ1n) is 5.17. The number of aromatic nitrogens is 3. The van der Waals surface area contributed by atoms with Crippen LogP contribution in [0.1, 0.15) is 11.4 Å². The van der Waals surface area contributed by atoms with Gasteiger partial charge in [-0.2, -0.15) is 0 Å². The van der Waals surface area contributed by atoms with Gasteiger partial charge in [-0.1, -0.05) is 41.7 Å². The van der Waals surface area contributed by atoms with Crippen LogP contribution in [0.3, 0.4) is 0 Å². The normalized spacial score (nSPS) is 12.4. The van der Waals surface area contributed by atoms with E-state index in [1.54, 1.807) is 11.3 Å². The van der Waals surface area contributed by atoms with Crippen molar-refractivity contribution in [1.82, 2.24) is 14.6 Å². The number of fused-ring (bicyclic) bond motifs is 1. The summed E-state index contributed by atoms with van der Waals surface area (Å²) in [5.41, 5.74) is 0.969. The van der Waals surface area contributed by atoms with Crippen LogP contribution >= 0.6 is 11.3 Å². The summed E-state index contributed by atoms with van der Waals surface area (Å²) in [6, 6.07) is 9.77. The summed E-state index contributed by atoms with van der Waals surface area (Å²) < 4.78 is 2.23. The van der Waals surface area contributed by atoms with Crippen LogP contribution in [0.5, 0.6) is 0 Å². The summed E-state index contributed by atoms with van der Waals surface area (Å²) in [5, 5.41) is 7.83. The maximum atomic E-state index is 12.1. The molecule has 0 aliphatic heterocycles. The van der Waals surface area contributed by atoms with Gasteiger partial charge in [0.2, 0.25) is 4.96 Å². The highest BCUT2D eigenvalue weighted by Gasteiger charge is 2.08. The Morgan fingerprint density at radius 3 is 2.71 bits per heavy atom. The van der Waals surface area contributed by atoms with Crippen LogP contribution in [0.25, 0.3) is 11.0 Å². The van der Waals surface area contributed by atoms with E-state index in [0.29, 0.717) is 15.3 Å². The Morgan fingerprint density at radius 1 is 1.24 bits per heavy atom. The van der Waals surface area contributed by atoms with Gasteiger partial charge in [-0.3, -0.25) is 4.79 Å². The molecule has 0 atom stereocenters. The van der Waals surface area contributed by atoms with Gasteiger partial charge in [0, 0.05) is 0 Å². The van der Waals surface area contributed by atoms with E-state index >= 15 is 0 Å². The molecule has 1 aromatic carbocycles. The number of hydrogen-bond donors (Lipinski definition) is 0. The highest BCUT2D eigenvalue weighted by atomic mass is 32.1. The Labute approximate surface area is 101 Å². The zero-order chi connectivity index (χ0) is 11.8. The van der Waals surface area contributed by atoms with E-state index in [1.165, 1.54) is 11.3 Å². The first-order chi connectivity index (χ1) is 8.25. The molecular formula is C12H9N3OS. The molecule has 2 aromatic heterocycles. The number of hydrogen-bond acceptors (Lipinski definition) is 4. The predicted octanol–water partition coefficient (Wildman–Crippen LogP) is 1.01. The molecule has 0 saturated heterocycles. The molecule has 3 rings (SSSR count). The number of rotatable bonds is 1. The van der Waals surface area contributed by atoms with Crippen LogP contribution in [0.2, 0.25) is 0 Å². The maximum Gasteiger partial charge on any atom is 0.275 e. The molecule has 4 nitrogen and oxygen atoms in total. The number of nitrogens with zero attached hydrogens (tertiary/aromatic N) is 3. The lowest BCUT2D eigenvalue weighted by Gasteiger charge is -1.87. The van der Waals surface area contributed by atoms with E-state index in [4.69, 9.17) is 0 Å². The largest absolute Gasteiger partial charge is 0.275 e. The van der Waals surface area contributed by atoms with Gasteiger partial charge in [0.05, 0.1) is 4.53 Å². The van der Waals surface area contributed by atoms with Crippen molar-refractivity contribution in [3.8, 4) is 0 Å². The summed E-state index contributed by atoms with van der Waals surface area (Å²) in [4.78, 5) is 12.7. The highest BCUT2D eigenvalue weighted by molar-refractivity contribution is 7.15. The van der Waals surface area contributed by atoms with Gasteiger partial charge in [-0.25, -0.2) is 4.40 Å². The van der Waals surface area contributed by atoms with Crippen molar-refractivity contribution < 1.29 is 0 Å². The Kier molecular flexibility index (Phi) is 2.26. The molecule has 0 spiro atoms. The van der Waals surface area contributed by atoms with Crippen LogP contribution in [0.4, 0.5) is 0 Å². The standard InChI is InChI=1S/C12H9N3OS/c1-8-13-14-12-15(8)11(16)10(17-12)7-9-5-3-2-4-6-9/h2-7H,1H3/b10-7-. The fourth-order valence-corrected chi connectivity index (χ4v) is 2.65. The molecule has 84 valence electrons. The molecule has 0 fully saturated rings. The second-order valence-corrected chi connectivity index (χ2v) is 4.70. The first-order valence-corrected chi connectivity index (χ1v) is 5.98. The quantitative estimate of drug-likeness (QED) is 0.641. The summed E-state index contributed by atoms with van der Waals surface area (Å²) >= 11 is 1.36. The van der Waals surface area contributed by atoms with Gasteiger partial charge < -0.3 is 0 Å². The Hall–Kier alpha value is -2.01. The lowest BCUT2D eigenvalue weighted by atomic mass is 10.2. The van der Waals surface area contributed by atoms with Crippen LogP contribution in [-0.4, -0.2) is 14.6 Å². The van der Waals surface area contributed by atoms with Crippen molar-refractivity contribution in [1.29, 1.82) is 0 Å². The van der Waals surface area contributed by atoms with Crippen molar-refractivity contribution in [2.24, 2.45) is 0 Å². The second-order valence-electron chi connectivity index (χ2n) is 3.69. The molecule has 0 N–H and O–H groups in total. The average Bonchev–Trinajstić information content (AvgIpc) is 2.84. The molecule has 0 unspecified atom stereocenters. The monoisotopic (exact) mass is 243 g/mol. The fraction of sp³-hybridized carbons (Fsp3) is 0.0833. The summed E-state index contributed by atoms with van der Waals surface area (Å²) in [5.74, 6) is 0.633. The number of benzene rings is 1. The Morgan fingerprint density at radius 2 is 2.00 bits per heavy atom. The third-order valence-electron chi connectivity index (χ3n) is 2.51. The molecular weight excluding hydrogens is 234 g/mol. The van der Waals surface area contributed by atoms with Crippen LogP contribution in [-0.2, 0) is 0 Å². The number of thiazole rings is 1. The van der Waals surface area contributed by atoms with Gasteiger partial charge in [0.1, 0.15) is 5.82 Å². The summed E-state index contributed by atoms with van der Waals surface area (Å²) in [6.45, 7) is 1.78. The first kappa shape index (κ1) is 10.2. The third kappa shape index (κ3) is 1.64. The van der Waals surface area contributed by atoms with E-state index in [1.807, 2.05) is 36.4 Å². The zero-order valence-corrected chi connectivity index (χ0v) is 9.94. The predicted molar refractivity (Wildman–Crippen MR) is 67.1 cm³/mol. The molecule has 5 heteroatoms. The minimum atomic E-state index is -0.0450. The van der Waals surface area contributed by atoms with Gasteiger partial charge in [-0.05, 0) is 18.6 Å². The Balaban J connectivity index is 2.29. The molecule has 0 bridgehead atoms. The van der Waals surface area contributed by atoms with Crippen molar-refractivity contribution in [2.45, 2.75) is 6.92 Å². The SMILES string of the molecule is Cc1nnc2s/c(=C\c3ccccc3)c(=O)n12. The molecule has 0 saturated carbocycles. The van der Waals surface area contributed by atoms with Crippen molar-refractivity contribution in [2.75, 3.05) is 0 Å². The van der Waals surface area contributed by atoms with E-state index < -0.39 is 0 Å². The second kappa shape index (κ2) is 3.78. The zero-order valence-electron chi connectivity index (χ0n) is 9.12. The Bertz CT molecular complexity index is 773. The van der Waals surface area contributed by atoms with E-state index in [-0.39, 0.29) is 5.56 Å².